The fraction of sp³-hybridized carbons (Fsp3) is 0.600. The zero-order chi connectivity index (χ0) is 15.1. The van der Waals surface area contributed by atoms with Crippen LogP contribution in [0, 0.1) is 0 Å². The van der Waals surface area contributed by atoms with Crippen LogP contribution >= 0.6 is 0 Å². The van der Waals surface area contributed by atoms with E-state index >= 15 is 0 Å². The molecule has 0 atom stereocenters. The maximum Gasteiger partial charge on any atom is 0.314 e. The van der Waals surface area contributed by atoms with Crippen molar-refractivity contribution < 1.29 is 37.1 Å². The van der Waals surface area contributed by atoms with Crippen molar-refractivity contribution in [3.05, 3.63) is 0 Å². The van der Waals surface area contributed by atoms with E-state index in [1.165, 1.54) is 0 Å². The van der Waals surface area contributed by atoms with Gasteiger partial charge in [-0.25, -0.2) is 8.42 Å². The Hall–Kier alpha value is -1.77. The summed E-state index contributed by atoms with van der Waals surface area (Å²) in [5.41, 5.74) is 0. The summed E-state index contributed by atoms with van der Waals surface area (Å²) >= 11 is 0. The van der Waals surface area contributed by atoms with Crippen molar-refractivity contribution in [3.63, 3.8) is 0 Å². The summed E-state index contributed by atoms with van der Waals surface area (Å²) in [5.74, 6) is -4.66. The molecule has 0 aromatic rings. The van der Waals surface area contributed by atoms with Crippen LogP contribution < -0.4 is 0 Å². The van der Waals surface area contributed by atoms with Crippen molar-refractivity contribution in [3.8, 4) is 0 Å². The molecule has 0 unspecified atom stereocenters. The second-order valence-electron chi connectivity index (χ2n) is 3.58. The first-order chi connectivity index (χ1) is 8.62. The van der Waals surface area contributed by atoms with Crippen LogP contribution in [0.1, 0.15) is 26.7 Å². The minimum Gasteiger partial charge on any atom is -0.393 e. The van der Waals surface area contributed by atoms with Crippen LogP contribution in [-0.4, -0.2) is 43.8 Å². The molecule has 0 bridgehead atoms. The summed E-state index contributed by atoms with van der Waals surface area (Å²) in [6, 6.07) is 0. The molecular formula is C10H14O8S. The Balaban J connectivity index is 4.12. The predicted octanol–water partition coefficient (Wildman–Crippen LogP) is -0.639. The highest BCUT2D eigenvalue weighted by Crippen LogP contribution is 2.00. The molecule has 0 N–H and O–H groups in total. The highest BCUT2D eigenvalue weighted by molar-refractivity contribution is 7.91. The summed E-state index contributed by atoms with van der Waals surface area (Å²) in [4.78, 5) is 42.7. The lowest BCUT2D eigenvalue weighted by atomic mass is 10.5. The number of hydrogen-bond acceptors (Lipinski definition) is 8. The lowest BCUT2D eigenvalue weighted by Crippen LogP contribution is -2.20. The molecular weight excluding hydrogens is 280 g/mol. The second-order valence-corrected chi connectivity index (χ2v) is 5.89. The molecule has 0 radical (unpaired) electrons. The molecule has 0 aliphatic carbocycles. The highest BCUT2D eigenvalue weighted by atomic mass is 32.2. The first-order valence-corrected chi connectivity index (χ1v) is 7.07. The van der Waals surface area contributed by atoms with Gasteiger partial charge in [0, 0.05) is 13.8 Å². The van der Waals surface area contributed by atoms with E-state index in [2.05, 4.69) is 9.47 Å². The molecule has 108 valence electrons. The van der Waals surface area contributed by atoms with Crippen molar-refractivity contribution in [1.82, 2.24) is 0 Å². The van der Waals surface area contributed by atoms with Crippen molar-refractivity contribution >= 4 is 33.7 Å². The van der Waals surface area contributed by atoms with Crippen LogP contribution in [0.4, 0.5) is 0 Å². The minimum absolute atomic E-state index is 0.482. The van der Waals surface area contributed by atoms with E-state index in [9.17, 15) is 27.6 Å². The zero-order valence-corrected chi connectivity index (χ0v) is 11.3. The SMILES string of the molecule is CC(=O)OC(=O)CCS(=O)(=O)CCC(=O)OC(C)=O. The summed E-state index contributed by atoms with van der Waals surface area (Å²) < 4.78 is 31.1. The van der Waals surface area contributed by atoms with E-state index in [1.807, 2.05) is 0 Å². The van der Waals surface area contributed by atoms with E-state index in [-0.39, 0.29) is 0 Å². The minimum atomic E-state index is -3.67. The van der Waals surface area contributed by atoms with Gasteiger partial charge in [-0.3, -0.25) is 19.2 Å². The molecule has 0 aliphatic rings. The molecule has 0 spiro atoms. The fourth-order valence-corrected chi connectivity index (χ4v) is 2.16. The van der Waals surface area contributed by atoms with Gasteiger partial charge in [0.1, 0.15) is 0 Å². The van der Waals surface area contributed by atoms with E-state index in [0.29, 0.717) is 0 Å². The van der Waals surface area contributed by atoms with Gasteiger partial charge < -0.3 is 9.47 Å². The highest BCUT2D eigenvalue weighted by Gasteiger charge is 2.18. The van der Waals surface area contributed by atoms with Gasteiger partial charge in [0.2, 0.25) is 0 Å². The lowest BCUT2D eigenvalue weighted by Gasteiger charge is -2.03. The summed E-state index contributed by atoms with van der Waals surface area (Å²) in [7, 11) is -3.67. The molecule has 0 heterocycles. The van der Waals surface area contributed by atoms with Crippen LogP contribution in [0.5, 0.6) is 0 Å². The molecule has 9 heteroatoms. The fourth-order valence-electron chi connectivity index (χ4n) is 1.00. The Morgan fingerprint density at radius 3 is 1.37 bits per heavy atom. The molecule has 0 rings (SSSR count). The number of rotatable bonds is 6. The van der Waals surface area contributed by atoms with Crippen LogP contribution in [0.15, 0.2) is 0 Å². The third-order valence-corrected chi connectivity index (χ3v) is 3.40. The number of ether oxygens (including phenoxy) is 2. The Bertz CT molecular complexity index is 438. The van der Waals surface area contributed by atoms with Gasteiger partial charge in [0.05, 0.1) is 24.3 Å². The molecule has 0 saturated heterocycles. The molecule has 0 saturated carbocycles. The third-order valence-electron chi connectivity index (χ3n) is 1.75. The van der Waals surface area contributed by atoms with E-state index < -0.39 is 58.1 Å². The van der Waals surface area contributed by atoms with Crippen LogP contribution in [0.25, 0.3) is 0 Å². The number of esters is 4. The molecule has 0 aromatic heterocycles. The number of carbonyl (C=O) groups is 4. The lowest BCUT2D eigenvalue weighted by molar-refractivity contribution is -0.159. The van der Waals surface area contributed by atoms with Crippen molar-refractivity contribution in [2.75, 3.05) is 11.5 Å². The number of carbonyl (C=O) groups excluding carboxylic acids is 4. The molecule has 0 aromatic carbocycles. The monoisotopic (exact) mass is 294 g/mol. The summed E-state index contributed by atoms with van der Waals surface area (Å²) in [6.45, 7) is 2.04. The van der Waals surface area contributed by atoms with Gasteiger partial charge in [-0.15, -0.1) is 0 Å². The predicted molar refractivity (Wildman–Crippen MR) is 61.4 cm³/mol. The summed E-state index contributed by atoms with van der Waals surface area (Å²) in [5, 5.41) is 0. The summed E-state index contributed by atoms with van der Waals surface area (Å²) in [6.07, 6.45) is -0.965. The standard InChI is InChI=1S/C10H14O8S/c1-7(11)17-9(13)3-5-19(15,16)6-4-10(14)18-8(2)12/h3-6H2,1-2H3. The third kappa shape index (κ3) is 9.89. The number of sulfone groups is 1. The van der Waals surface area contributed by atoms with E-state index in [0.717, 1.165) is 13.8 Å². The van der Waals surface area contributed by atoms with Crippen LogP contribution in [0.2, 0.25) is 0 Å². The average Bonchev–Trinajstić information content (AvgIpc) is 2.22. The molecule has 8 nitrogen and oxygen atoms in total. The second kappa shape index (κ2) is 7.62. The van der Waals surface area contributed by atoms with Crippen LogP contribution in [-0.2, 0) is 38.5 Å². The largest absolute Gasteiger partial charge is 0.393 e. The average molecular weight is 294 g/mol. The Labute approximate surface area is 110 Å². The Morgan fingerprint density at radius 1 is 0.789 bits per heavy atom. The zero-order valence-electron chi connectivity index (χ0n) is 10.5. The van der Waals surface area contributed by atoms with Gasteiger partial charge >= 0.3 is 23.9 Å². The first-order valence-electron chi connectivity index (χ1n) is 5.25. The molecule has 0 fully saturated rings. The topological polar surface area (TPSA) is 121 Å². The van der Waals surface area contributed by atoms with Gasteiger partial charge in [0.25, 0.3) is 0 Å². The smallest absolute Gasteiger partial charge is 0.314 e. The van der Waals surface area contributed by atoms with Crippen LogP contribution in [0.3, 0.4) is 0 Å². The van der Waals surface area contributed by atoms with Gasteiger partial charge in [-0.2, -0.15) is 0 Å². The van der Waals surface area contributed by atoms with Crippen molar-refractivity contribution in [1.29, 1.82) is 0 Å². The molecule has 0 amide bonds. The quantitative estimate of drug-likeness (QED) is 0.468. The first kappa shape index (κ1) is 17.2. The Morgan fingerprint density at radius 2 is 1.11 bits per heavy atom. The molecule has 19 heavy (non-hydrogen) atoms. The number of hydrogen-bond donors (Lipinski definition) is 0. The van der Waals surface area contributed by atoms with E-state index in [4.69, 9.17) is 0 Å². The van der Waals surface area contributed by atoms with Gasteiger partial charge in [-0.05, 0) is 0 Å². The van der Waals surface area contributed by atoms with Crippen molar-refractivity contribution in [2.45, 2.75) is 26.7 Å². The molecule has 0 aliphatic heterocycles. The van der Waals surface area contributed by atoms with Gasteiger partial charge in [-0.1, -0.05) is 0 Å². The normalized spacial score (nSPS) is 10.6. The Kier molecular flexibility index (Phi) is 6.91. The van der Waals surface area contributed by atoms with E-state index in [1.54, 1.807) is 0 Å². The van der Waals surface area contributed by atoms with Gasteiger partial charge in [0.15, 0.2) is 9.84 Å². The maximum atomic E-state index is 11.4. The van der Waals surface area contributed by atoms with Crippen molar-refractivity contribution in [2.24, 2.45) is 0 Å². The maximum absolute atomic E-state index is 11.4.